The van der Waals surface area contributed by atoms with Crippen LogP contribution in [0.15, 0.2) is 388 Å². The Labute approximate surface area is 702 Å². The van der Waals surface area contributed by atoms with Crippen LogP contribution < -0.4 is 0 Å². The second-order valence-corrected chi connectivity index (χ2v) is 32.7. The number of pyridine rings is 2. The van der Waals surface area contributed by atoms with E-state index in [0.29, 0.717) is 48.0 Å². The summed E-state index contributed by atoms with van der Waals surface area (Å²) in [7, 11) is -6.71. The number of sulfone groups is 2. The van der Waals surface area contributed by atoms with Crippen molar-refractivity contribution in [3.63, 3.8) is 0 Å². The van der Waals surface area contributed by atoms with Crippen LogP contribution in [0.2, 0.25) is 0 Å². The van der Waals surface area contributed by atoms with Gasteiger partial charge in [-0.15, -0.1) is 22.7 Å². The van der Waals surface area contributed by atoms with Crippen molar-refractivity contribution in [2.24, 2.45) is 0 Å². The summed E-state index contributed by atoms with van der Waals surface area (Å²) < 4.78 is 62.9. The second kappa shape index (κ2) is 40.4. The van der Waals surface area contributed by atoms with Gasteiger partial charge in [0.05, 0.1) is 65.6 Å². The fourth-order valence-corrected chi connectivity index (χ4v) is 17.9. The Morgan fingerprint density at radius 2 is 0.825 bits per heavy atom. The summed E-state index contributed by atoms with van der Waals surface area (Å²) in [4.78, 5) is 36.1. The molecule has 0 N–H and O–H groups in total. The Bertz CT molecular complexity index is 6540. The number of thiophene rings is 2. The molecule has 0 fully saturated rings. The molecule has 0 saturated heterocycles. The molecule has 0 amide bonds. The molecule has 1 aliphatic rings. The third kappa shape index (κ3) is 20.7. The van der Waals surface area contributed by atoms with Gasteiger partial charge in [-0.2, -0.15) is 21.0 Å². The van der Waals surface area contributed by atoms with Gasteiger partial charge in [0.15, 0.2) is 5.69 Å². The molecule has 0 radical (unpaired) electrons. The fraction of sp³-hybridized carbons (Fsp3) is 0.0612. The van der Waals surface area contributed by atoms with Crippen molar-refractivity contribution in [2.45, 2.75) is 59.6 Å². The first-order chi connectivity index (χ1) is 58.4. The number of benzene rings is 11. The number of aromatic nitrogens is 8. The molecule has 0 atom stereocenters. The van der Waals surface area contributed by atoms with Crippen molar-refractivity contribution in [3.8, 4) is 24.3 Å². The van der Waals surface area contributed by atoms with Crippen LogP contribution in [0, 0.1) is 66.1 Å². The molecule has 0 unspecified atom stereocenters. The summed E-state index contributed by atoms with van der Waals surface area (Å²) in [6, 6.07) is 104. The van der Waals surface area contributed by atoms with Crippen LogP contribution in [-0.4, -0.2) is 56.7 Å². The van der Waals surface area contributed by atoms with Gasteiger partial charge in [0.25, 0.3) is 0 Å². The van der Waals surface area contributed by atoms with Crippen LogP contribution in [0.5, 0.6) is 0 Å². The molecule has 0 aliphatic carbocycles. The maximum atomic E-state index is 12.6. The zero-order chi connectivity index (χ0) is 84.3. The highest BCUT2D eigenvalue weighted by Crippen LogP contribution is 2.45. The maximum Gasteiger partial charge on any atom is 0.230 e. The van der Waals surface area contributed by atoms with Crippen LogP contribution in [-0.2, 0) is 25.1 Å². The lowest BCUT2D eigenvalue weighted by atomic mass is 9.78. The molecule has 0 bridgehead atoms. The molecule has 586 valence electrons. The first-order valence-electron chi connectivity index (χ1n) is 37.4. The third-order valence-electron chi connectivity index (χ3n) is 18.5. The molecule has 0 spiro atoms. The van der Waals surface area contributed by atoms with E-state index >= 15 is 0 Å². The van der Waals surface area contributed by atoms with Crippen molar-refractivity contribution in [1.82, 2.24) is 39.9 Å². The van der Waals surface area contributed by atoms with E-state index in [4.69, 9.17) is 29.9 Å². The highest BCUT2D eigenvalue weighted by Gasteiger charge is 2.40. The molecule has 22 heteroatoms. The van der Waals surface area contributed by atoms with Gasteiger partial charge in [-0.1, -0.05) is 208 Å². The van der Waals surface area contributed by atoms with Gasteiger partial charge in [-0.25, -0.2) is 51.7 Å². The van der Waals surface area contributed by atoms with Crippen molar-refractivity contribution in [3.05, 3.63) is 410 Å². The van der Waals surface area contributed by atoms with E-state index in [0.717, 1.165) is 81.1 Å². The minimum atomic E-state index is -3.37. The van der Waals surface area contributed by atoms with Crippen molar-refractivity contribution in [2.75, 3.05) is 0 Å². The largest absolute Gasteiger partial charge is 0.438 e. The van der Waals surface area contributed by atoms with Crippen LogP contribution in [0.1, 0.15) is 64.2 Å². The highest BCUT2D eigenvalue weighted by molar-refractivity contribution is 7.92. The van der Waals surface area contributed by atoms with Crippen LogP contribution in [0.4, 0.5) is 0 Å². The molecular formula is C98H74N12O6S4. The molecule has 18 nitrogen and oxygen atoms in total. The first-order valence-corrected chi connectivity index (χ1v) is 41.9. The molecule has 20 aromatic rings. The van der Waals surface area contributed by atoms with E-state index in [9.17, 15) is 16.8 Å². The van der Waals surface area contributed by atoms with E-state index in [2.05, 4.69) is 108 Å². The van der Waals surface area contributed by atoms with Gasteiger partial charge in [0.1, 0.15) is 39.6 Å². The van der Waals surface area contributed by atoms with E-state index in [1.165, 1.54) is 38.1 Å². The van der Waals surface area contributed by atoms with E-state index in [-0.39, 0.29) is 5.41 Å². The Hall–Kier alpha value is -15.1. The Kier molecular flexibility index (Phi) is 28.4. The molecule has 11 aromatic carbocycles. The molecule has 9 aromatic heterocycles. The van der Waals surface area contributed by atoms with Crippen molar-refractivity contribution >= 4 is 127 Å². The van der Waals surface area contributed by atoms with Gasteiger partial charge in [-0.3, -0.25) is 4.98 Å². The van der Waals surface area contributed by atoms with Gasteiger partial charge in [-0.05, 0) is 158 Å². The summed E-state index contributed by atoms with van der Waals surface area (Å²) in [5, 5.41) is 42.8. The van der Waals surface area contributed by atoms with Crippen LogP contribution in [0.25, 0.3) is 84.7 Å². The Morgan fingerprint density at radius 3 is 1.36 bits per heavy atom. The summed E-state index contributed by atoms with van der Waals surface area (Å²) in [6.45, 7) is 9.80. The molecule has 120 heavy (non-hydrogen) atoms. The molecule has 0 saturated carbocycles. The standard InChI is InChI=1S/C15H14O2S.C12H10O2S.C11H7NO.C11H7NS.C10H6N2O.C10H6N2S.2C8H7N.C7H5N.C6H5N3/c1-15(2)11-7-3-5-9-13(11)18(16,17)14-10-6-4-8-12(14)15;13-15(14,11-7-3-1-4-8-11)12-9-5-2-6-10-12;2*1-2-6-10-8(4-1)9-5-3-7-12-11(9)13-10;2*1-2-4-9-7(3-1)8-5-11-6-12-10(8)13-9;1-7-3-2-4-8(5-7)6-9;1-7-4-2-3-5-8(7)6-9;8-6-7-4-2-1-3-5-7;1-5-6(4-7)9-3-2-8-5/h3-10H,1-2H3;1-10H;2*1-7H;2*1-6H;2*2-5H,1H3;1-5H;2-3H,1H3. The summed E-state index contributed by atoms with van der Waals surface area (Å²) in [6.07, 6.45) is 13.4. The van der Waals surface area contributed by atoms with Crippen molar-refractivity contribution in [1.29, 1.82) is 21.0 Å². The second-order valence-electron chi connectivity index (χ2n) is 26.8. The molecule has 1 aliphatic heterocycles. The quantitative estimate of drug-likeness (QED) is 0.155. The zero-order valence-electron chi connectivity index (χ0n) is 65.5. The number of aryl methyl sites for hydroxylation is 3. The highest BCUT2D eigenvalue weighted by atomic mass is 32.2. The number of para-hydroxylation sites is 2. The number of nitrogens with zero attached hydrogens (tertiary/aromatic N) is 12. The van der Waals surface area contributed by atoms with E-state index in [1.807, 2.05) is 202 Å². The van der Waals surface area contributed by atoms with Crippen LogP contribution in [0.3, 0.4) is 0 Å². The van der Waals surface area contributed by atoms with E-state index in [1.54, 1.807) is 158 Å². The monoisotopic (exact) mass is 1640 g/mol. The third-order valence-corrected chi connectivity index (χ3v) is 24.4. The van der Waals surface area contributed by atoms with Gasteiger partial charge >= 0.3 is 0 Å². The Balaban J connectivity index is 0.000000123. The number of furan rings is 2. The summed E-state index contributed by atoms with van der Waals surface area (Å²) >= 11 is 3.46. The molecule has 21 rings (SSSR count). The van der Waals surface area contributed by atoms with Crippen LogP contribution >= 0.6 is 22.7 Å². The molecular weight excluding hydrogens is 1570 g/mol. The fourth-order valence-electron chi connectivity index (χ4n) is 12.5. The molecule has 10 heterocycles. The predicted molar refractivity (Wildman–Crippen MR) is 476 cm³/mol. The Morgan fingerprint density at radius 1 is 0.375 bits per heavy atom. The number of fused-ring (bicyclic) bond motifs is 14. The zero-order valence-corrected chi connectivity index (χ0v) is 68.8. The smallest absolute Gasteiger partial charge is 0.230 e. The first kappa shape index (κ1) is 84.3. The van der Waals surface area contributed by atoms with Gasteiger partial charge in [0.2, 0.25) is 31.1 Å². The lowest BCUT2D eigenvalue weighted by Gasteiger charge is -2.34. The average molecular weight is 1640 g/mol. The SMILES string of the molecule is CC1(C)c2ccccc2S(=O)(=O)c2ccccc21.Cc1cccc(C#N)c1.Cc1ccccc1C#N.Cc1nccnc1C#N.N#Cc1ccccc1.O=S(=O)(c1ccccc1)c1ccccc1.c1ccc2c(c1)oc1ncccc12.c1ccc2c(c1)oc1ncncc12.c1ccc2c(c1)sc1ncccc12.c1ccc2c(c1)sc1ncncc12. The topological polar surface area (TPSA) is 293 Å². The van der Waals surface area contributed by atoms with Gasteiger partial charge in [0, 0.05) is 89.7 Å². The predicted octanol–water partition coefficient (Wildman–Crippen LogP) is 23.3. The summed E-state index contributed by atoms with van der Waals surface area (Å²) in [5.41, 5.74) is 10.1. The lowest BCUT2D eigenvalue weighted by Crippen LogP contribution is -2.29. The van der Waals surface area contributed by atoms with Crippen molar-refractivity contribution < 1.29 is 25.7 Å². The number of nitriles is 4. The summed E-state index contributed by atoms with van der Waals surface area (Å²) in [5.74, 6) is 0. The number of hydrogen-bond acceptors (Lipinski definition) is 20. The maximum absolute atomic E-state index is 12.6. The normalized spacial score (nSPS) is 11.4. The minimum Gasteiger partial charge on any atom is -0.438 e. The minimum absolute atomic E-state index is 0.279. The van der Waals surface area contributed by atoms with E-state index < -0.39 is 19.7 Å². The lowest BCUT2D eigenvalue weighted by molar-refractivity contribution is 0.555. The number of rotatable bonds is 2. The number of hydrogen-bond donors (Lipinski definition) is 0. The van der Waals surface area contributed by atoms with Gasteiger partial charge < -0.3 is 8.83 Å². The average Bonchev–Trinajstić information content (AvgIpc) is 1.02.